The predicted octanol–water partition coefficient (Wildman–Crippen LogP) is 3.10. The van der Waals surface area contributed by atoms with Crippen molar-refractivity contribution in [2.75, 3.05) is 12.4 Å². The lowest BCUT2D eigenvalue weighted by Crippen LogP contribution is -2.27. The first-order valence-corrected chi connectivity index (χ1v) is 10.2. The average Bonchev–Trinajstić information content (AvgIpc) is 3.43. The van der Waals surface area contributed by atoms with E-state index in [4.69, 9.17) is 4.74 Å². The van der Waals surface area contributed by atoms with E-state index in [2.05, 4.69) is 20.5 Å². The van der Waals surface area contributed by atoms with E-state index in [9.17, 15) is 4.79 Å². The highest BCUT2D eigenvalue weighted by atomic mass is 32.2. The Morgan fingerprint density at radius 2 is 2.11 bits per heavy atom. The molecule has 1 aliphatic carbocycles. The number of nitrogens with one attached hydrogen (secondary N) is 1. The smallest absolute Gasteiger partial charge is 0.230 e. The summed E-state index contributed by atoms with van der Waals surface area (Å²) in [7, 11) is 0. The molecule has 28 heavy (non-hydrogen) atoms. The zero-order valence-electron chi connectivity index (χ0n) is 15.5. The first-order chi connectivity index (χ1) is 13.8. The highest BCUT2D eigenvalue weighted by Crippen LogP contribution is 2.32. The number of ether oxygens (including phenoxy) is 1. The third kappa shape index (κ3) is 4.17. The quantitative estimate of drug-likeness (QED) is 0.590. The SMILES string of the molecule is CCOc1ccccc1-n1c(SCC(=O)NC2CC2)nnc1-c1cccnc1. The van der Waals surface area contributed by atoms with Gasteiger partial charge in [0.25, 0.3) is 0 Å². The molecule has 0 atom stereocenters. The Hall–Kier alpha value is -2.87. The fourth-order valence-corrected chi connectivity index (χ4v) is 3.57. The molecular weight excluding hydrogens is 374 g/mol. The molecule has 2 aromatic heterocycles. The fourth-order valence-electron chi connectivity index (χ4n) is 2.81. The summed E-state index contributed by atoms with van der Waals surface area (Å²) in [4.78, 5) is 16.3. The molecule has 0 bridgehead atoms. The molecule has 1 aromatic carbocycles. The van der Waals surface area contributed by atoms with Crippen LogP contribution in [0.5, 0.6) is 5.75 Å². The molecule has 4 rings (SSSR count). The highest BCUT2D eigenvalue weighted by Gasteiger charge is 2.24. The molecule has 1 saturated carbocycles. The van der Waals surface area contributed by atoms with Crippen LogP contribution in [0.1, 0.15) is 19.8 Å². The Bertz CT molecular complexity index is 956. The van der Waals surface area contributed by atoms with E-state index in [0.717, 1.165) is 29.8 Å². The van der Waals surface area contributed by atoms with Gasteiger partial charge in [-0.3, -0.25) is 14.3 Å². The van der Waals surface area contributed by atoms with Crippen LogP contribution < -0.4 is 10.1 Å². The Balaban J connectivity index is 1.70. The lowest BCUT2D eigenvalue weighted by molar-refractivity contribution is -0.118. The minimum Gasteiger partial charge on any atom is -0.492 e. The molecule has 1 aliphatic rings. The third-order valence-electron chi connectivity index (χ3n) is 4.23. The molecule has 0 aliphatic heterocycles. The van der Waals surface area contributed by atoms with E-state index in [1.807, 2.05) is 47.9 Å². The van der Waals surface area contributed by atoms with Crippen molar-refractivity contribution < 1.29 is 9.53 Å². The number of hydrogen-bond acceptors (Lipinski definition) is 6. The molecule has 7 nitrogen and oxygen atoms in total. The predicted molar refractivity (Wildman–Crippen MR) is 108 cm³/mol. The molecule has 1 fully saturated rings. The second kappa shape index (κ2) is 8.43. The number of amides is 1. The zero-order valence-corrected chi connectivity index (χ0v) is 16.4. The molecule has 0 unspecified atom stereocenters. The van der Waals surface area contributed by atoms with Crippen molar-refractivity contribution in [3.63, 3.8) is 0 Å². The van der Waals surface area contributed by atoms with Crippen LogP contribution in [0.15, 0.2) is 53.9 Å². The van der Waals surface area contributed by atoms with Gasteiger partial charge in [0.15, 0.2) is 11.0 Å². The van der Waals surface area contributed by atoms with Gasteiger partial charge in [0.05, 0.1) is 18.0 Å². The van der Waals surface area contributed by atoms with Crippen molar-refractivity contribution in [1.82, 2.24) is 25.1 Å². The second-order valence-electron chi connectivity index (χ2n) is 6.41. The topological polar surface area (TPSA) is 81.9 Å². The van der Waals surface area contributed by atoms with Crippen LogP contribution in [0, 0.1) is 0 Å². The molecule has 3 aromatic rings. The van der Waals surface area contributed by atoms with E-state index in [1.165, 1.54) is 11.8 Å². The molecule has 1 N–H and O–H groups in total. The Morgan fingerprint density at radius 3 is 2.86 bits per heavy atom. The average molecular weight is 395 g/mol. The molecule has 144 valence electrons. The van der Waals surface area contributed by atoms with Crippen molar-refractivity contribution >= 4 is 17.7 Å². The normalized spacial score (nSPS) is 13.3. The summed E-state index contributed by atoms with van der Waals surface area (Å²) >= 11 is 1.36. The Morgan fingerprint density at radius 1 is 1.25 bits per heavy atom. The fraction of sp³-hybridized carbons (Fsp3) is 0.300. The molecule has 2 heterocycles. The van der Waals surface area contributed by atoms with Gasteiger partial charge >= 0.3 is 0 Å². The number of benzene rings is 1. The number of aromatic nitrogens is 4. The maximum atomic E-state index is 12.1. The van der Waals surface area contributed by atoms with Gasteiger partial charge in [-0.15, -0.1) is 10.2 Å². The molecule has 0 spiro atoms. The molecule has 0 radical (unpaired) electrons. The van der Waals surface area contributed by atoms with Crippen LogP contribution in [-0.4, -0.2) is 44.1 Å². The van der Waals surface area contributed by atoms with E-state index in [0.29, 0.717) is 29.4 Å². The van der Waals surface area contributed by atoms with Gasteiger partial charge < -0.3 is 10.1 Å². The van der Waals surface area contributed by atoms with E-state index in [1.54, 1.807) is 12.4 Å². The van der Waals surface area contributed by atoms with Gasteiger partial charge in [0.2, 0.25) is 5.91 Å². The summed E-state index contributed by atoms with van der Waals surface area (Å²) in [6.07, 6.45) is 5.60. The number of para-hydroxylation sites is 2. The lowest BCUT2D eigenvalue weighted by atomic mass is 10.2. The molecular formula is C20H21N5O2S. The van der Waals surface area contributed by atoms with Crippen LogP contribution in [0.25, 0.3) is 17.1 Å². The van der Waals surface area contributed by atoms with Gasteiger partial charge in [0.1, 0.15) is 5.75 Å². The summed E-state index contributed by atoms with van der Waals surface area (Å²) in [6.45, 7) is 2.50. The van der Waals surface area contributed by atoms with Crippen LogP contribution in [0.4, 0.5) is 0 Å². The largest absolute Gasteiger partial charge is 0.492 e. The molecule has 8 heteroatoms. The Labute approximate surface area is 167 Å². The highest BCUT2D eigenvalue weighted by molar-refractivity contribution is 7.99. The molecule has 1 amide bonds. The number of nitrogens with zero attached hydrogens (tertiary/aromatic N) is 4. The van der Waals surface area contributed by atoms with Crippen molar-refractivity contribution in [3.8, 4) is 22.8 Å². The monoisotopic (exact) mass is 395 g/mol. The maximum absolute atomic E-state index is 12.1. The van der Waals surface area contributed by atoms with Crippen molar-refractivity contribution in [1.29, 1.82) is 0 Å². The summed E-state index contributed by atoms with van der Waals surface area (Å²) in [6, 6.07) is 11.9. The van der Waals surface area contributed by atoms with Gasteiger partial charge in [-0.1, -0.05) is 23.9 Å². The van der Waals surface area contributed by atoms with E-state index >= 15 is 0 Å². The van der Waals surface area contributed by atoms with Crippen LogP contribution in [0.3, 0.4) is 0 Å². The summed E-state index contributed by atoms with van der Waals surface area (Å²) in [5.41, 5.74) is 1.67. The standard InChI is InChI=1S/C20H21N5O2S/c1-2-27-17-8-4-3-7-16(17)25-19(14-6-5-11-21-12-14)23-24-20(25)28-13-18(26)22-15-9-10-15/h3-8,11-12,15H,2,9-10,13H2,1H3,(H,22,26). The third-order valence-corrected chi connectivity index (χ3v) is 5.16. The first-order valence-electron chi connectivity index (χ1n) is 9.26. The lowest BCUT2D eigenvalue weighted by Gasteiger charge is -2.14. The number of thioether (sulfide) groups is 1. The van der Waals surface area contributed by atoms with Gasteiger partial charge in [-0.25, -0.2) is 0 Å². The number of carbonyl (C=O) groups excluding carboxylic acids is 1. The number of carbonyl (C=O) groups is 1. The van der Waals surface area contributed by atoms with E-state index in [-0.39, 0.29) is 5.91 Å². The number of rotatable bonds is 8. The maximum Gasteiger partial charge on any atom is 0.230 e. The summed E-state index contributed by atoms with van der Waals surface area (Å²) in [5.74, 6) is 1.70. The first kappa shape index (κ1) is 18.5. The number of pyridine rings is 1. The van der Waals surface area contributed by atoms with Crippen molar-refractivity contribution in [2.45, 2.75) is 31.0 Å². The summed E-state index contributed by atoms with van der Waals surface area (Å²) < 4.78 is 7.74. The van der Waals surface area contributed by atoms with Gasteiger partial charge in [0, 0.05) is 24.0 Å². The Kier molecular flexibility index (Phi) is 5.57. The van der Waals surface area contributed by atoms with Crippen LogP contribution >= 0.6 is 11.8 Å². The van der Waals surface area contributed by atoms with Crippen LogP contribution in [0.2, 0.25) is 0 Å². The van der Waals surface area contributed by atoms with Crippen LogP contribution in [-0.2, 0) is 4.79 Å². The summed E-state index contributed by atoms with van der Waals surface area (Å²) in [5, 5.41) is 12.4. The van der Waals surface area contributed by atoms with Crippen molar-refractivity contribution in [3.05, 3.63) is 48.8 Å². The molecule has 0 saturated heterocycles. The minimum atomic E-state index is 0.0167. The second-order valence-corrected chi connectivity index (χ2v) is 7.36. The minimum absolute atomic E-state index is 0.0167. The van der Waals surface area contributed by atoms with Crippen molar-refractivity contribution in [2.24, 2.45) is 0 Å². The van der Waals surface area contributed by atoms with Gasteiger partial charge in [-0.05, 0) is 44.0 Å². The number of hydrogen-bond donors (Lipinski definition) is 1. The van der Waals surface area contributed by atoms with E-state index < -0.39 is 0 Å². The zero-order chi connectivity index (χ0) is 19.3. The van der Waals surface area contributed by atoms with Gasteiger partial charge in [-0.2, -0.15) is 0 Å².